The molecule has 0 aromatic heterocycles. The second-order valence-corrected chi connectivity index (χ2v) is 6.29. The van der Waals surface area contributed by atoms with E-state index in [1.165, 1.54) is 18.1 Å². The standard InChI is InChI=1S/C10H13NO.C8H12.C6H6O2/c1-3-9-5-4-6-10(7-9)11-8(2)12;1-4-6-8(3)7-5-2;1-3-4(2)6(8)5(3)7/h4-7H,3H2,1-2H3,(H,11,12);4-7H,1H2,2-3H3;1-2H3/b;7-5-,8-6-;. The number of nitrogens with one attached hydrogen (secondary N) is 1. The molecule has 28 heavy (non-hydrogen) atoms. The molecule has 0 fully saturated rings. The maximum Gasteiger partial charge on any atom is 0.229 e. The largest absolute Gasteiger partial charge is 0.326 e. The van der Waals surface area contributed by atoms with Gasteiger partial charge in [-0.05, 0) is 51.8 Å². The number of anilines is 1. The van der Waals surface area contributed by atoms with Crippen molar-refractivity contribution >= 4 is 11.6 Å². The Kier molecular flexibility index (Phi) is 11.8. The number of rotatable bonds is 4. The van der Waals surface area contributed by atoms with Crippen molar-refractivity contribution in [3.05, 3.63) is 97.9 Å². The Bertz CT molecular complexity index is 881. The number of hydrogen-bond donors (Lipinski definition) is 1. The quantitative estimate of drug-likeness (QED) is 0.611. The Morgan fingerprint density at radius 2 is 1.68 bits per heavy atom. The van der Waals surface area contributed by atoms with Gasteiger partial charge in [-0.3, -0.25) is 14.4 Å². The summed E-state index contributed by atoms with van der Waals surface area (Å²) in [4.78, 5) is 31.4. The molecule has 0 aliphatic carbocycles. The lowest BCUT2D eigenvalue weighted by atomic mass is 10.1. The minimum Gasteiger partial charge on any atom is -0.326 e. The van der Waals surface area contributed by atoms with Crippen molar-refractivity contribution in [2.45, 2.75) is 48.0 Å². The van der Waals surface area contributed by atoms with Gasteiger partial charge in [0.15, 0.2) is 0 Å². The van der Waals surface area contributed by atoms with Crippen LogP contribution < -0.4 is 16.2 Å². The SMILES string of the molecule is C=C/C=C(C)\C=C/C.CCc1cccc(NC(C)=O)c1.Cc1c(C)c(=O)c1=O. The highest BCUT2D eigenvalue weighted by Gasteiger charge is 2.10. The molecule has 4 heteroatoms. The molecule has 2 aromatic carbocycles. The Balaban J connectivity index is 0.000000405. The first-order chi connectivity index (χ1) is 13.2. The molecule has 0 saturated heterocycles. The molecule has 150 valence electrons. The molecule has 0 aliphatic rings. The van der Waals surface area contributed by atoms with E-state index in [2.05, 4.69) is 18.8 Å². The van der Waals surface area contributed by atoms with E-state index in [1.54, 1.807) is 19.9 Å². The average molecular weight is 382 g/mol. The van der Waals surface area contributed by atoms with Crippen LogP contribution in [0.1, 0.15) is 44.4 Å². The Hall–Kier alpha value is -3.01. The van der Waals surface area contributed by atoms with Gasteiger partial charge < -0.3 is 5.32 Å². The summed E-state index contributed by atoms with van der Waals surface area (Å²) >= 11 is 0. The highest BCUT2D eigenvalue weighted by molar-refractivity contribution is 5.88. The maximum absolute atomic E-state index is 10.7. The normalized spacial score (nSPS) is 10.6. The first kappa shape index (κ1) is 25.0. The van der Waals surface area contributed by atoms with Crippen LogP contribution in [-0.2, 0) is 11.2 Å². The molecule has 0 atom stereocenters. The zero-order chi connectivity index (χ0) is 21.7. The van der Waals surface area contributed by atoms with Crippen molar-refractivity contribution in [3.63, 3.8) is 0 Å². The number of carbonyl (C=O) groups excluding carboxylic acids is 1. The van der Waals surface area contributed by atoms with Gasteiger partial charge >= 0.3 is 0 Å². The molecule has 0 saturated carbocycles. The van der Waals surface area contributed by atoms with Crippen molar-refractivity contribution in [1.82, 2.24) is 0 Å². The first-order valence-electron chi connectivity index (χ1n) is 9.22. The van der Waals surface area contributed by atoms with Crippen LogP contribution in [0, 0.1) is 13.8 Å². The van der Waals surface area contributed by atoms with Crippen molar-refractivity contribution < 1.29 is 4.79 Å². The minimum absolute atomic E-state index is 0.0248. The summed E-state index contributed by atoms with van der Waals surface area (Å²) in [5.41, 5.74) is 3.96. The molecular weight excluding hydrogens is 350 g/mol. The van der Waals surface area contributed by atoms with Crippen LogP contribution in [0.3, 0.4) is 0 Å². The Morgan fingerprint density at radius 3 is 2.07 bits per heavy atom. The van der Waals surface area contributed by atoms with Crippen LogP contribution >= 0.6 is 0 Å². The first-order valence-corrected chi connectivity index (χ1v) is 9.22. The van der Waals surface area contributed by atoms with Crippen LogP contribution in [0.2, 0.25) is 0 Å². The third-order valence-corrected chi connectivity index (χ3v) is 3.92. The summed E-state index contributed by atoms with van der Waals surface area (Å²) in [6.07, 6.45) is 8.81. The summed E-state index contributed by atoms with van der Waals surface area (Å²) < 4.78 is 0. The van der Waals surface area contributed by atoms with Gasteiger partial charge in [0, 0.05) is 23.7 Å². The van der Waals surface area contributed by atoms with Crippen LogP contribution in [0.4, 0.5) is 5.69 Å². The highest BCUT2D eigenvalue weighted by atomic mass is 16.2. The van der Waals surface area contributed by atoms with Crippen LogP contribution in [0.25, 0.3) is 0 Å². The zero-order valence-corrected chi connectivity index (χ0v) is 17.8. The molecule has 1 N–H and O–H groups in total. The zero-order valence-electron chi connectivity index (χ0n) is 17.8. The fourth-order valence-electron chi connectivity index (χ4n) is 2.20. The molecular formula is C24H31NO3. The predicted octanol–water partition coefficient (Wildman–Crippen LogP) is 4.80. The molecule has 2 aromatic rings. The monoisotopic (exact) mass is 381 g/mol. The van der Waals surface area contributed by atoms with E-state index in [0.717, 1.165) is 12.1 Å². The molecule has 0 spiro atoms. The van der Waals surface area contributed by atoms with E-state index < -0.39 is 0 Å². The van der Waals surface area contributed by atoms with E-state index in [0.29, 0.717) is 11.1 Å². The van der Waals surface area contributed by atoms with Gasteiger partial charge in [-0.25, -0.2) is 0 Å². The fraction of sp³-hybridized carbons (Fsp3) is 0.292. The minimum atomic E-state index is -0.317. The van der Waals surface area contributed by atoms with Crippen LogP contribution in [0.5, 0.6) is 0 Å². The molecule has 0 aliphatic heterocycles. The summed E-state index contributed by atoms with van der Waals surface area (Å²) in [6, 6.07) is 7.87. The average Bonchev–Trinajstić information content (AvgIpc) is 2.67. The lowest BCUT2D eigenvalue weighted by Crippen LogP contribution is -2.36. The van der Waals surface area contributed by atoms with E-state index in [-0.39, 0.29) is 16.8 Å². The van der Waals surface area contributed by atoms with E-state index in [9.17, 15) is 14.4 Å². The van der Waals surface area contributed by atoms with Gasteiger partial charge in [-0.2, -0.15) is 0 Å². The molecule has 0 radical (unpaired) electrons. The van der Waals surface area contributed by atoms with E-state index in [4.69, 9.17) is 0 Å². The number of aryl methyl sites for hydroxylation is 1. The number of amides is 1. The summed E-state index contributed by atoms with van der Waals surface area (Å²) in [6.45, 7) is 14.6. The number of benzene rings is 1. The van der Waals surface area contributed by atoms with Gasteiger partial charge in [-0.15, -0.1) is 0 Å². The third kappa shape index (κ3) is 9.08. The van der Waals surface area contributed by atoms with E-state index in [1.807, 2.05) is 56.3 Å². The van der Waals surface area contributed by atoms with Gasteiger partial charge in [-0.1, -0.05) is 55.5 Å². The molecule has 1 amide bonds. The molecule has 0 bridgehead atoms. The van der Waals surface area contributed by atoms with E-state index >= 15 is 0 Å². The molecule has 2 rings (SSSR count). The Morgan fingerprint density at radius 1 is 1.11 bits per heavy atom. The summed E-state index contributed by atoms with van der Waals surface area (Å²) in [5, 5.41) is 2.74. The lowest BCUT2D eigenvalue weighted by molar-refractivity contribution is -0.114. The van der Waals surface area contributed by atoms with Gasteiger partial charge in [0.05, 0.1) is 0 Å². The van der Waals surface area contributed by atoms with Gasteiger partial charge in [0.1, 0.15) is 0 Å². The summed E-state index contributed by atoms with van der Waals surface area (Å²) in [5.74, 6) is -0.0248. The predicted molar refractivity (Wildman–Crippen MR) is 120 cm³/mol. The third-order valence-electron chi connectivity index (χ3n) is 3.92. The lowest BCUT2D eigenvalue weighted by Gasteiger charge is -2.02. The number of hydrogen-bond acceptors (Lipinski definition) is 3. The maximum atomic E-state index is 10.7. The number of allylic oxidation sites excluding steroid dienone is 5. The smallest absolute Gasteiger partial charge is 0.229 e. The van der Waals surface area contributed by atoms with Crippen molar-refractivity contribution in [2.24, 2.45) is 0 Å². The van der Waals surface area contributed by atoms with Crippen LogP contribution in [-0.4, -0.2) is 5.91 Å². The number of carbonyl (C=O) groups is 1. The van der Waals surface area contributed by atoms with Gasteiger partial charge in [0.2, 0.25) is 16.8 Å². The van der Waals surface area contributed by atoms with Crippen molar-refractivity contribution in [2.75, 3.05) is 5.32 Å². The fourth-order valence-corrected chi connectivity index (χ4v) is 2.20. The van der Waals surface area contributed by atoms with Crippen molar-refractivity contribution in [1.29, 1.82) is 0 Å². The van der Waals surface area contributed by atoms with Crippen molar-refractivity contribution in [3.8, 4) is 0 Å². The molecule has 0 unspecified atom stereocenters. The summed E-state index contributed by atoms with van der Waals surface area (Å²) in [7, 11) is 0. The highest BCUT2D eigenvalue weighted by Crippen LogP contribution is 2.10. The molecule has 4 nitrogen and oxygen atoms in total. The molecule has 0 heterocycles. The second-order valence-electron chi connectivity index (χ2n) is 6.29. The topological polar surface area (TPSA) is 63.2 Å². The van der Waals surface area contributed by atoms with Crippen LogP contribution in [0.15, 0.2) is 70.3 Å². The van der Waals surface area contributed by atoms with Gasteiger partial charge in [0.25, 0.3) is 0 Å². The Labute approximate surface area is 168 Å². The second kappa shape index (κ2) is 13.2.